The first-order valence-electron chi connectivity index (χ1n) is 9.04. The number of methoxy groups -OCH3 is 1. The molecule has 0 unspecified atom stereocenters. The van der Waals surface area contributed by atoms with Crippen LogP contribution in [0.15, 0.2) is 88.8 Å². The van der Waals surface area contributed by atoms with E-state index in [1.54, 1.807) is 48.1 Å². The zero-order chi connectivity index (χ0) is 20.2. The van der Waals surface area contributed by atoms with E-state index in [1.807, 2.05) is 42.5 Å². The topological polar surface area (TPSA) is 61.2 Å². The van der Waals surface area contributed by atoms with Crippen molar-refractivity contribution in [3.05, 3.63) is 94.8 Å². The summed E-state index contributed by atoms with van der Waals surface area (Å²) in [6.45, 7) is 0. The van der Waals surface area contributed by atoms with Crippen LogP contribution < -0.4 is 27.3 Å². The van der Waals surface area contributed by atoms with Gasteiger partial charge in [0.05, 0.1) is 29.5 Å². The second-order valence-corrected chi connectivity index (χ2v) is 7.27. The number of benzene rings is 3. The Morgan fingerprint density at radius 3 is 2.33 bits per heavy atom. The van der Waals surface area contributed by atoms with Crippen molar-refractivity contribution in [2.45, 2.75) is 5.16 Å². The Hall–Kier alpha value is -2.90. The zero-order valence-corrected chi connectivity index (χ0v) is 18.5. The molecule has 152 valence electrons. The average Bonchev–Trinajstić information content (AvgIpc) is 2.78. The number of carbonyl (C=O) groups excluding carboxylic acids is 1. The van der Waals surface area contributed by atoms with Gasteiger partial charge in [0, 0.05) is 5.56 Å². The molecule has 3 aromatic carbocycles. The lowest BCUT2D eigenvalue weighted by atomic mass is 10.1. The van der Waals surface area contributed by atoms with Crippen molar-refractivity contribution >= 4 is 28.4 Å². The van der Waals surface area contributed by atoms with E-state index in [0.29, 0.717) is 27.4 Å². The first-order chi connectivity index (χ1) is 14.2. The molecule has 0 saturated heterocycles. The van der Waals surface area contributed by atoms with Crippen LogP contribution in [0.4, 0.5) is 0 Å². The maximum absolute atomic E-state index is 13.1. The molecule has 0 radical (unpaired) electrons. The van der Waals surface area contributed by atoms with Crippen molar-refractivity contribution in [3.8, 4) is 11.4 Å². The van der Waals surface area contributed by atoms with E-state index < -0.39 is 0 Å². The van der Waals surface area contributed by atoms with E-state index in [0.717, 1.165) is 5.69 Å². The molecule has 0 amide bonds. The first kappa shape index (κ1) is 21.8. The standard InChI is InChI=1S/C23H18N2O3S.BrH/c1-28-18-13-11-16(12-14-18)21(26)15-29-23-24-20-10-6-5-9-19(20)22(27)25(23)17-7-3-2-4-8-17;/h2-14H,15H2,1H3;1H/p-1. The molecule has 1 aromatic heterocycles. The fourth-order valence-electron chi connectivity index (χ4n) is 3.00. The number of ketones is 1. The molecule has 0 aliphatic heterocycles. The summed E-state index contributed by atoms with van der Waals surface area (Å²) >= 11 is 1.25. The quantitative estimate of drug-likeness (QED) is 0.236. The Bertz CT molecular complexity index is 1220. The maximum Gasteiger partial charge on any atom is 0.266 e. The van der Waals surface area contributed by atoms with Crippen LogP contribution in [0.25, 0.3) is 16.6 Å². The summed E-state index contributed by atoms with van der Waals surface area (Å²) in [6.07, 6.45) is 0. The molecule has 4 rings (SSSR count). The van der Waals surface area contributed by atoms with E-state index in [-0.39, 0.29) is 34.1 Å². The number of nitrogens with zero attached hydrogens (tertiary/aromatic N) is 2. The molecule has 0 N–H and O–H groups in total. The summed E-state index contributed by atoms with van der Waals surface area (Å²) in [5.74, 6) is 0.826. The minimum Gasteiger partial charge on any atom is -1.00 e. The molecule has 7 heteroatoms. The van der Waals surface area contributed by atoms with Crippen LogP contribution in [-0.2, 0) is 0 Å². The number of thioether (sulfide) groups is 1. The predicted octanol–water partition coefficient (Wildman–Crippen LogP) is 1.37. The Balaban J connectivity index is 0.00000256. The third kappa shape index (κ3) is 4.47. The minimum atomic E-state index is -0.152. The number of carbonyl (C=O) groups is 1. The maximum atomic E-state index is 13.1. The van der Waals surface area contributed by atoms with Gasteiger partial charge >= 0.3 is 0 Å². The highest BCUT2D eigenvalue weighted by Gasteiger charge is 2.15. The van der Waals surface area contributed by atoms with Crippen LogP contribution in [0.1, 0.15) is 10.4 Å². The summed E-state index contributed by atoms with van der Waals surface area (Å²) in [5.41, 5.74) is 1.77. The molecular weight excluding hydrogens is 464 g/mol. The normalized spacial score (nSPS) is 10.4. The molecule has 0 aliphatic carbocycles. The van der Waals surface area contributed by atoms with Crippen LogP contribution in [0.3, 0.4) is 0 Å². The van der Waals surface area contributed by atoms with Gasteiger partial charge in [-0.3, -0.25) is 14.2 Å². The molecule has 0 spiro atoms. The van der Waals surface area contributed by atoms with Gasteiger partial charge in [-0.15, -0.1) is 0 Å². The van der Waals surface area contributed by atoms with Gasteiger partial charge in [0.1, 0.15) is 5.75 Å². The van der Waals surface area contributed by atoms with Crippen molar-refractivity contribution in [2.24, 2.45) is 0 Å². The van der Waals surface area contributed by atoms with Crippen LogP contribution in [0.2, 0.25) is 0 Å². The molecule has 0 aliphatic rings. The van der Waals surface area contributed by atoms with Crippen LogP contribution in [-0.4, -0.2) is 28.2 Å². The molecule has 0 saturated carbocycles. The van der Waals surface area contributed by atoms with Crippen LogP contribution in [0, 0.1) is 0 Å². The molecule has 0 fully saturated rings. The SMILES string of the molecule is COc1ccc(C(=O)CSc2nc3ccccc3c(=O)n2-c2ccccc2)cc1.[Br-]. The predicted molar refractivity (Wildman–Crippen MR) is 115 cm³/mol. The Morgan fingerprint density at radius 1 is 0.967 bits per heavy atom. The smallest absolute Gasteiger partial charge is 0.266 e. The highest BCUT2D eigenvalue weighted by molar-refractivity contribution is 7.99. The van der Waals surface area contributed by atoms with Gasteiger partial charge in [-0.05, 0) is 48.5 Å². The van der Waals surface area contributed by atoms with Gasteiger partial charge in [0.25, 0.3) is 5.56 Å². The second kappa shape index (κ2) is 9.73. The molecule has 5 nitrogen and oxygen atoms in total. The highest BCUT2D eigenvalue weighted by Crippen LogP contribution is 2.22. The molecule has 0 atom stereocenters. The van der Waals surface area contributed by atoms with Crippen molar-refractivity contribution in [2.75, 3.05) is 12.9 Å². The number of aromatic nitrogens is 2. The van der Waals surface area contributed by atoms with Gasteiger partial charge in [-0.1, -0.05) is 42.1 Å². The Kier molecular flexibility index (Phi) is 7.07. The number of Topliss-reactive ketones (excluding diaryl/α,β-unsaturated/α-hetero) is 1. The minimum absolute atomic E-state index is 0. The van der Waals surface area contributed by atoms with Crippen LogP contribution in [0.5, 0.6) is 5.75 Å². The lowest BCUT2D eigenvalue weighted by molar-refractivity contribution is -0.0000138. The van der Waals surface area contributed by atoms with Gasteiger partial charge < -0.3 is 21.7 Å². The monoisotopic (exact) mass is 481 g/mol. The average molecular weight is 482 g/mol. The van der Waals surface area contributed by atoms with Gasteiger partial charge in [0.2, 0.25) is 0 Å². The van der Waals surface area contributed by atoms with Gasteiger partial charge in [-0.2, -0.15) is 0 Å². The summed E-state index contributed by atoms with van der Waals surface area (Å²) in [5, 5.41) is 1.03. The summed E-state index contributed by atoms with van der Waals surface area (Å²) in [6, 6.07) is 23.6. The summed E-state index contributed by atoms with van der Waals surface area (Å²) in [7, 11) is 1.58. The number of ether oxygens (including phenoxy) is 1. The first-order valence-corrected chi connectivity index (χ1v) is 10.0. The van der Waals surface area contributed by atoms with E-state index >= 15 is 0 Å². The third-order valence-electron chi connectivity index (χ3n) is 4.50. The fraction of sp³-hybridized carbons (Fsp3) is 0.0870. The third-order valence-corrected chi connectivity index (χ3v) is 5.44. The highest BCUT2D eigenvalue weighted by atomic mass is 79.9. The summed E-state index contributed by atoms with van der Waals surface area (Å²) < 4.78 is 6.70. The molecule has 30 heavy (non-hydrogen) atoms. The van der Waals surface area contributed by atoms with Crippen molar-refractivity contribution in [1.82, 2.24) is 9.55 Å². The number of fused-ring (bicyclic) bond motifs is 1. The molecular formula is C23H18BrN2O3S-. The fourth-order valence-corrected chi connectivity index (χ4v) is 3.91. The number of hydrogen-bond acceptors (Lipinski definition) is 5. The second-order valence-electron chi connectivity index (χ2n) is 6.33. The van der Waals surface area contributed by atoms with Crippen molar-refractivity contribution in [3.63, 3.8) is 0 Å². The van der Waals surface area contributed by atoms with E-state index in [2.05, 4.69) is 4.98 Å². The Labute approximate surface area is 188 Å². The zero-order valence-electron chi connectivity index (χ0n) is 16.1. The van der Waals surface area contributed by atoms with Gasteiger partial charge in [0.15, 0.2) is 10.9 Å². The Morgan fingerprint density at radius 2 is 1.63 bits per heavy atom. The van der Waals surface area contributed by atoms with E-state index in [9.17, 15) is 9.59 Å². The molecule has 1 heterocycles. The number of rotatable bonds is 6. The summed E-state index contributed by atoms with van der Waals surface area (Å²) in [4.78, 5) is 30.4. The lowest BCUT2D eigenvalue weighted by Crippen LogP contribution is -3.00. The number of hydrogen-bond donors (Lipinski definition) is 0. The number of halogens is 1. The largest absolute Gasteiger partial charge is 1.00 e. The van der Waals surface area contributed by atoms with Crippen molar-refractivity contribution < 1.29 is 26.5 Å². The molecule has 0 bridgehead atoms. The molecule has 4 aromatic rings. The van der Waals surface area contributed by atoms with Gasteiger partial charge in [-0.25, -0.2) is 4.98 Å². The van der Waals surface area contributed by atoms with Crippen LogP contribution >= 0.6 is 11.8 Å². The van der Waals surface area contributed by atoms with Crippen molar-refractivity contribution in [1.29, 1.82) is 0 Å². The lowest BCUT2D eigenvalue weighted by Gasteiger charge is -2.13. The number of para-hydroxylation sites is 2. The van der Waals surface area contributed by atoms with E-state index in [4.69, 9.17) is 4.74 Å². The van der Waals surface area contributed by atoms with E-state index in [1.165, 1.54) is 11.8 Å².